The summed E-state index contributed by atoms with van der Waals surface area (Å²) in [5, 5.41) is 0.500. The van der Waals surface area contributed by atoms with Crippen LogP contribution in [-0.4, -0.2) is 11.0 Å². The maximum absolute atomic E-state index is 11.4. The lowest BCUT2D eigenvalue weighted by atomic mass is 10.3. The van der Waals surface area contributed by atoms with Gasteiger partial charge in [0.25, 0.3) is 0 Å². The maximum Gasteiger partial charge on any atom is 0.365 e. The van der Waals surface area contributed by atoms with Gasteiger partial charge in [-0.15, -0.1) is 0 Å². The van der Waals surface area contributed by atoms with E-state index in [1.165, 1.54) is 6.26 Å². The van der Waals surface area contributed by atoms with Crippen molar-refractivity contribution >= 4 is 17.6 Å². The fourth-order valence-electron chi connectivity index (χ4n) is 1.00. The van der Waals surface area contributed by atoms with E-state index in [2.05, 4.69) is 9.40 Å². The Morgan fingerprint density at radius 2 is 2.33 bits per heavy atom. The van der Waals surface area contributed by atoms with Gasteiger partial charge in [-0.2, -0.15) is 0 Å². The molecule has 0 radical (unpaired) electrons. The van der Waals surface area contributed by atoms with Crippen molar-refractivity contribution in [2.45, 2.75) is 0 Å². The van der Waals surface area contributed by atoms with Gasteiger partial charge in [0.1, 0.15) is 12.0 Å². The molecule has 1 heterocycles. The summed E-state index contributed by atoms with van der Waals surface area (Å²) >= 11 is 5.73. The Balaban J connectivity index is 2.13. The zero-order chi connectivity index (χ0) is 10.7. The molecule has 5 heteroatoms. The van der Waals surface area contributed by atoms with E-state index in [0.717, 1.165) is 6.39 Å². The fourth-order valence-corrected chi connectivity index (χ4v) is 1.18. The van der Waals surface area contributed by atoms with Crippen molar-refractivity contribution in [3.8, 4) is 5.75 Å². The number of ether oxygens (including phenoxy) is 1. The van der Waals surface area contributed by atoms with Crippen LogP contribution >= 0.6 is 11.6 Å². The second-order valence-corrected chi connectivity index (χ2v) is 3.16. The van der Waals surface area contributed by atoms with E-state index < -0.39 is 5.97 Å². The van der Waals surface area contributed by atoms with Crippen LogP contribution < -0.4 is 4.74 Å². The van der Waals surface area contributed by atoms with E-state index >= 15 is 0 Å². The lowest BCUT2D eigenvalue weighted by Crippen LogP contribution is -2.08. The minimum Gasteiger partial charge on any atom is -0.451 e. The Kier molecular flexibility index (Phi) is 2.69. The van der Waals surface area contributed by atoms with Gasteiger partial charge in [-0.1, -0.05) is 17.7 Å². The summed E-state index contributed by atoms with van der Waals surface area (Å²) in [5.41, 5.74) is 0.120. The van der Waals surface area contributed by atoms with E-state index in [9.17, 15) is 4.79 Å². The second kappa shape index (κ2) is 4.14. The Bertz CT molecular complexity index is 467. The Morgan fingerprint density at radius 3 is 3.00 bits per heavy atom. The summed E-state index contributed by atoms with van der Waals surface area (Å²) in [5.74, 6) is -0.207. The molecule has 0 aliphatic carbocycles. The van der Waals surface area contributed by atoms with Gasteiger partial charge < -0.3 is 9.15 Å². The van der Waals surface area contributed by atoms with E-state index in [-0.39, 0.29) is 5.69 Å². The molecule has 0 saturated heterocycles. The molecule has 15 heavy (non-hydrogen) atoms. The zero-order valence-corrected chi connectivity index (χ0v) is 8.27. The van der Waals surface area contributed by atoms with Gasteiger partial charge in [-0.05, 0) is 18.2 Å². The first-order valence-electron chi connectivity index (χ1n) is 4.11. The largest absolute Gasteiger partial charge is 0.451 e. The highest BCUT2D eigenvalue weighted by molar-refractivity contribution is 6.30. The normalized spacial score (nSPS) is 9.93. The number of hydrogen-bond acceptors (Lipinski definition) is 4. The smallest absolute Gasteiger partial charge is 0.365 e. The molecule has 0 N–H and O–H groups in total. The molecule has 1 aromatic carbocycles. The molecular formula is C10H6ClNO3. The number of oxazole rings is 1. The number of esters is 1. The number of carbonyl (C=O) groups is 1. The molecule has 0 atom stereocenters. The molecule has 4 nitrogen and oxygen atoms in total. The van der Waals surface area contributed by atoms with Crippen LogP contribution in [0.1, 0.15) is 10.5 Å². The minimum atomic E-state index is -0.578. The standard InChI is InChI=1S/C10H6ClNO3/c11-7-2-1-3-8(4-7)15-10(13)9-5-14-6-12-9/h1-6H. The van der Waals surface area contributed by atoms with Crippen molar-refractivity contribution < 1.29 is 13.9 Å². The summed E-state index contributed by atoms with van der Waals surface area (Å²) in [6.45, 7) is 0. The SMILES string of the molecule is O=C(Oc1cccc(Cl)c1)c1cocn1. The number of carbonyl (C=O) groups excluding carboxylic acids is 1. The number of hydrogen-bond donors (Lipinski definition) is 0. The first-order valence-corrected chi connectivity index (χ1v) is 4.49. The Morgan fingerprint density at radius 1 is 1.47 bits per heavy atom. The van der Waals surface area contributed by atoms with Crippen LogP contribution in [0.25, 0.3) is 0 Å². The highest BCUT2D eigenvalue weighted by atomic mass is 35.5. The average Bonchev–Trinajstić information content (AvgIpc) is 2.70. The molecule has 0 bridgehead atoms. The van der Waals surface area contributed by atoms with Crippen LogP contribution in [0.3, 0.4) is 0 Å². The predicted molar refractivity (Wildman–Crippen MR) is 52.9 cm³/mol. The molecule has 0 aliphatic heterocycles. The van der Waals surface area contributed by atoms with Crippen molar-refractivity contribution in [2.24, 2.45) is 0 Å². The number of halogens is 1. The van der Waals surface area contributed by atoms with Gasteiger partial charge in [0.05, 0.1) is 0 Å². The van der Waals surface area contributed by atoms with Crippen LogP contribution in [0, 0.1) is 0 Å². The molecule has 76 valence electrons. The lowest BCUT2D eigenvalue weighted by molar-refractivity contribution is 0.0728. The summed E-state index contributed by atoms with van der Waals surface area (Å²) in [6.07, 6.45) is 2.38. The lowest BCUT2D eigenvalue weighted by Gasteiger charge is -2.01. The fraction of sp³-hybridized carbons (Fsp3) is 0. The molecule has 0 aliphatic rings. The third-order valence-electron chi connectivity index (χ3n) is 1.65. The molecular weight excluding hydrogens is 218 g/mol. The highest BCUT2D eigenvalue weighted by Gasteiger charge is 2.11. The molecule has 2 aromatic rings. The maximum atomic E-state index is 11.4. The quantitative estimate of drug-likeness (QED) is 0.580. The number of benzene rings is 1. The van der Waals surface area contributed by atoms with Gasteiger partial charge in [-0.3, -0.25) is 0 Å². The molecule has 0 unspecified atom stereocenters. The highest BCUT2D eigenvalue weighted by Crippen LogP contribution is 2.17. The van der Waals surface area contributed by atoms with Crippen molar-refractivity contribution in [3.63, 3.8) is 0 Å². The summed E-state index contributed by atoms with van der Waals surface area (Å²) in [7, 11) is 0. The number of nitrogens with zero attached hydrogens (tertiary/aromatic N) is 1. The first-order chi connectivity index (χ1) is 7.25. The molecule has 0 amide bonds. The second-order valence-electron chi connectivity index (χ2n) is 2.72. The monoisotopic (exact) mass is 223 g/mol. The van der Waals surface area contributed by atoms with Gasteiger partial charge in [-0.25, -0.2) is 9.78 Å². The van der Waals surface area contributed by atoms with Crippen molar-refractivity contribution in [1.82, 2.24) is 4.98 Å². The topological polar surface area (TPSA) is 52.3 Å². The molecule has 0 spiro atoms. The molecule has 1 aromatic heterocycles. The molecule has 0 saturated carbocycles. The Labute approximate surface area is 90.4 Å². The summed E-state index contributed by atoms with van der Waals surface area (Å²) < 4.78 is 9.65. The molecule has 2 rings (SSSR count). The van der Waals surface area contributed by atoms with Crippen LogP contribution in [0.2, 0.25) is 5.02 Å². The van der Waals surface area contributed by atoms with Crippen LogP contribution in [0.5, 0.6) is 5.75 Å². The van der Waals surface area contributed by atoms with E-state index in [0.29, 0.717) is 10.8 Å². The van der Waals surface area contributed by atoms with Gasteiger partial charge in [0.2, 0.25) is 0 Å². The van der Waals surface area contributed by atoms with Crippen LogP contribution in [0.4, 0.5) is 0 Å². The van der Waals surface area contributed by atoms with Crippen molar-refractivity contribution in [2.75, 3.05) is 0 Å². The van der Waals surface area contributed by atoms with Crippen molar-refractivity contribution in [3.05, 3.63) is 47.6 Å². The van der Waals surface area contributed by atoms with Crippen LogP contribution in [0.15, 0.2) is 41.3 Å². The summed E-state index contributed by atoms with van der Waals surface area (Å²) in [6, 6.07) is 6.55. The first kappa shape index (κ1) is 9.73. The molecule has 0 fully saturated rings. The number of aromatic nitrogens is 1. The third kappa shape index (κ3) is 2.35. The van der Waals surface area contributed by atoms with Gasteiger partial charge in [0.15, 0.2) is 12.1 Å². The van der Waals surface area contributed by atoms with Crippen LogP contribution in [-0.2, 0) is 0 Å². The zero-order valence-electron chi connectivity index (χ0n) is 7.51. The van der Waals surface area contributed by atoms with E-state index in [1.807, 2.05) is 0 Å². The van der Waals surface area contributed by atoms with E-state index in [1.54, 1.807) is 24.3 Å². The number of rotatable bonds is 2. The third-order valence-corrected chi connectivity index (χ3v) is 1.88. The minimum absolute atomic E-state index is 0.120. The Hall–Kier alpha value is -1.81. The van der Waals surface area contributed by atoms with Gasteiger partial charge in [0, 0.05) is 5.02 Å². The predicted octanol–water partition coefficient (Wildman–Crippen LogP) is 2.55. The average molecular weight is 224 g/mol. The summed E-state index contributed by atoms with van der Waals surface area (Å²) in [4.78, 5) is 15.1. The van der Waals surface area contributed by atoms with E-state index in [4.69, 9.17) is 16.3 Å². The van der Waals surface area contributed by atoms with Gasteiger partial charge >= 0.3 is 5.97 Å². The van der Waals surface area contributed by atoms with Crippen molar-refractivity contribution in [1.29, 1.82) is 0 Å².